The number of aromatic nitrogens is 1. The molecule has 1 aromatic rings. The number of nitrogens with zero attached hydrogens (tertiary/aromatic N) is 4. The molecule has 1 aromatic heterocycles. The zero-order chi connectivity index (χ0) is 19.6. The summed E-state index contributed by atoms with van der Waals surface area (Å²) < 4.78 is 13.5. The van der Waals surface area contributed by atoms with Crippen LogP contribution in [-0.2, 0) is 16.1 Å². The van der Waals surface area contributed by atoms with Gasteiger partial charge in [-0.05, 0) is 25.3 Å². The highest BCUT2D eigenvalue weighted by molar-refractivity contribution is 5.91. The van der Waals surface area contributed by atoms with Gasteiger partial charge in [0.25, 0.3) is 0 Å². The minimum Gasteiger partial charge on any atom is -0.481 e. The molecular weight excluding hydrogens is 355 g/mol. The van der Waals surface area contributed by atoms with Gasteiger partial charge in [0, 0.05) is 26.1 Å². The Morgan fingerprint density at radius 3 is 2.56 bits per heavy atom. The number of aliphatic carboxylic acids is 1. The minimum atomic E-state index is -1.70. The third-order valence-corrected chi connectivity index (χ3v) is 5.07. The first-order valence-electron chi connectivity index (χ1n) is 8.80. The van der Waals surface area contributed by atoms with Crippen LogP contribution in [0, 0.1) is 17.2 Å². The molecule has 0 aromatic carbocycles. The Balaban J connectivity index is 1.92. The summed E-state index contributed by atoms with van der Waals surface area (Å²) in [6.07, 6.45) is 1.92. The number of carboxylic acid groups (broad SMARTS) is 1. The summed E-state index contributed by atoms with van der Waals surface area (Å²) >= 11 is 0. The van der Waals surface area contributed by atoms with Gasteiger partial charge in [-0.15, -0.1) is 0 Å². The molecule has 1 amide bonds. The maximum absolute atomic E-state index is 13.5. The summed E-state index contributed by atoms with van der Waals surface area (Å²) in [4.78, 5) is 42.0. The Hall–Kier alpha value is -3.02. The standard InChI is InChI=1S/C18H19FN4O4/c19-16(25)13-8-12(9-20)17(22-6-3-11(4-7-22)18(26)27)21-14(13)10-23-5-1-2-15(23)24/h8,11H,1-7,10H2,(H,26,27). The molecule has 8 nitrogen and oxygen atoms in total. The SMILES string of the molecule is N#Cc1cc(C(=O)F)c(CN2CCCC2=O)nc1N1CCC(C(=O)O)CC1. The fourth-order valence-corrected chi connectivity index (χ4v) is 3.54. The van der Waals surface area contributed by atoms with Crippen LogP contribution in [0.2, 0.25) is 0 Å². The van der Waals surface area contributed by atoms with E-state index in [4.69, 9.17) is 5.11 Å². The molecule has 2 fully saturated rings. The molecule has 142 valence electrons. The van der Waals surface area contributed by atoms with Crippen LogP contribution < -0.4 is 4.90 Å². The Labute approximate surface area is 155 Å². The van der Waals surface area contributed by atoms with Crippen LogP contribution in [-0.4, -0.2) is 52.5 Å². The quantitative estimate of drug-likeness (QED) is 0.777. The van der Waals surface area contributed by atoms with Crippen molar-refractivity contribution in [3.8, 4) is 6.07 Å². The maximum Gasteiger partial charge on any atom is 0.334 e. The number of hydrogen-bond donors (Lipinski definition) is 1. The average Bonchev–Trinajstić information content (AvgIpc) is 3.06. The Morgan fingerprint density at radius 2 is 2.04 bits per heavy atom. The molecule has 0 atom stereocenters. The number of hydrogen-bond acceptors (Lipinski definition) is 6. The Bertz CT molecular complexity index is 827. The van der Waals surface area contributed by atoms with Crippen LogP contribution in [0.3, 0.4) is 0 Å². The van der Waals surface area contributed by atoms with Crippen LogP contribution in [0.1, 0.15) is 47.3 Å². The van der Waals surface area contributed by atoms with Crippen molar-refractivity contribution in [2.24, 2.45) is 5.92 Å². The van der Waals surface area contributed by atoms with Crippen molar-refractivity contribution in [3.05, 3.63) is 22.9 Å². The lowest BCUT2D eigenvalue weighted by Crippen LogP contribution is -2.37. The van der Waals surface area contributed by atoms with Gasteiger partial charge in [0.05, 0.1) is 29.3 Å². The number of halogens is 1. The van der Waals surface area contributed by atoms with Gasteiger partial charge in [0.1, 0.15) is 11.9 Å². The molecule has 2 saturated heterocycles. The van der Waals surface area contributed by atoms with E-state index in [-0.39, 0.29) is 29.3 Å². The van der Waals surface area contributed by atoms with Gasteiger partial charge < -0.3 is 14.9 Å². The third kappa shape index (κ3) is 3.89. The lowest BCUT2D eigenvalue weighted by Gasteiger charge is -2.32. The van der Waals surface area contributed by atoms with Crippen molar-refractivity contribution in [2.45, 2.75) is 32.2 Å². The number of pyridine rings is 1. The summed E-state index contributed by atoms with van der Waals surface area (Å²) in [7, 11) is 0. The lowest BCUT2D eigenvalue weighted by molar-refractivity contribution is -0.142. The number of rotatable bonds is 5. The van der Waals surface area contributed by atoms with Crippen LogP contribution in [0.5, 0.6) is 0 Å². The normalized spacial score (nSPS) is 17.9. The topological polar surface area (TPSA) is 115 Å². The number of amides is 1. The highest BCUT2D eigenvalue weighted by Gasteiger charge is 2.29. The lowest BCUT2D eigenvalue weighted by atomic mass is 9.96. The largest absolute Gasteiger partial charge is 0.481 e. The maximum atomic E-state index is 13.5. The molecule has 1 N–H and O–H groups in total. The smallest absolute Gasteiger partial charge is 0.334 e. The summed E-state index contributed by atoms with van der Waals surface area (Å²) in [5, 5.41) is 18.5. The van der Waals surface area contributed by atoms with Crippen molar-refractivity contribution in [1.82, 2.24) is 9.88 Å². The average molecular weight is 374 g/mol. The van der Waals surface area contributed by atoms with Gasteiger partial charge in [-0.1, -0.05) is 0 Å². The summed E-state index contributed by atoms with van der Waals surface area (Å²) in [5.41, 5.74) is -0.135. The number of carbonyl (C=O) groups is 3. The fourth-order valence-electron chi connectivity index (χ4n) is 3.54. The van der Waals surface area contributed by atoms with Crippen molar-refractivity contribution in [2.75, 3.05) is 24.5 Å². The first-order valence-corrected chi connectivity index (χ1v) is 8.80. The highest BCUT2D eigenvalue weighted by Crippen LogP contribution is 2.28. The van der Waals surface area contributed by atoms with E-state index in [0.717, 1.165) is 0 Å². The monoisotopic (exact) mass is 374 g/mol. The number of piperidine rings is 1. The molecule has 2 aliphatic rings. The number of likely N-dealkylation sites (tertiary alicyclic amines) is 1. The predicted octanol–water partition coefficient (Wildman–Crippen LogP) is 1.49. The summed E-state index contributed by atoms with van der Waals surface area (Å²) in [5.74, 6) is -1.08. The van der Waals surface area contributed by atoms with Crippen molar-refractivity contribution in [1.29, 1.82) is 5.26 Å². The number of anilines is 1. The number of carbonyl (C=O) groups excluding carboxylic acids is 2. The molecule has 0 spiro atoms. The van der Waals surface area contributed by atoms with E-state index in [1.54, 1.807) is 4.90 Å². The third-order valence-electron chi connectivity index (χ3n) is 5.07. The van der Waals surface area contributed by atoms with E-state index in [9.17, 15) is 24.0 Å². The molecule has 0 bridgehead atoms. The van der Waals surface area contributed by atoms with Gasteiger partial charge in [0.2, 0.25) is 5.91 Å². The molecule has 0 radical (unpaired) electrons. The molecule has 0 unspecified atom stereocenters. The van der Waals surface area contributed by atoms with Gasteiger partial charge >= 0.3 is 12.0 Å². The van der Waals surface area contributed by atoms with Gasteiger partial charge in [-0.3, -0.25) is 14.4 Å². The fraction of sp³-hybridized carbons (Fsp3) is 0.500. The molecule has 3 rings (SSSR count). The van der Waals surface area contributed by atoms with E-state index in [0.29, 0.717) is 51.1 Å². The van der Waals surface area contributed by atoms with Gasteiger partial charge in [-0.2, -0.15) is 9.65 Å². The Kier molecular flexibility index (Phi) is 5.35. The zero-order valence-corrected chi connectivity index (χ0v) is 14.7. The van der Waals surface area contributed by atoms with E-state index in [1.165, 1.54) is 11.0 Å². The molecule has 2 aliphatic heterocycles. The second kappa shape index (κ2) is 7.70. The molecule has 0 aliphatic carbocycles. The number of carboxylic acids is 1. The van der Waals surface area contributed by atoms with Crippen LogP contribution in [0.25, 0.3) is 0 Å². The molecule has 3 heterocycles. The number of nitriles is 1. The van der Waals surface area contributed by atoms with E-state index >= 15 is 0 Å². The predicted molar refractivity (Wildman–Crippen MR) is 91.6 cm³/mol. The second-order valence-corrected chi connectivity index (χ2v) is 6.76. The first kappa shape index (κ1) is 18.8. The van der Waals surface area contributed by atoms with Crippen LogP contribution >= 0.6 is 0 Å². The van der Waals surface area contributed by atoms with Crippen LogP contribution in [0.15, 0.2) is 6.07 Å². The highest BCUT2D eigenvalue weighted by atomic mass is 19.1. The second-order valence-electron chi connectivity index (χ2n) is 6.76. The zero-order valence-electron chi connectivity index (χ0n) is 14.7. The van der Waals surface area contributed by atoms with Gasteiger partial charge in [0.15, 0.2) is 0 Å². The van der Waals surface area contributed by atoms with Crippen LogP contribution in [0.4, 0.5) is 10.2 Å². The summed E-state index contributed by atoms with van der Waals surface area (Å²) in [6, 6.07) is 1.40. The molecule has 0 saturated carbocycles. The van der Waals surface area contributed by atoms with E-state index < -0.39 is 17.9 Å². The van der Waals surface area contributed by atoms with Crippen molar-refractivity contribution in [3.63, 3.8) is 0 Å². The van der Waals surface area contributed by atoms with E-state index in [2.05, 4.69) is 4.98 Å². The van der Waals surface area contributed by atoms with Gasteiger partial charge in [-0.25, -0.2) is 4.98 Å². The molecule has 27 heavy (non-hydrogen) atoms. The van der Waals surface area contributed by atoms with E-state index in [1.807, 2.05) is 6.07 Å². The summed E-state index contributed by atoms with van der Waals surface area (Å²) in [6.45, 7) is 1.31. The Morgan fingerprint density at radius 1 is 1.33 bits per heavy atom. The minimum absolute atomic E-state index is 0.00806. The van der Waals surface area contributed by atoms with Crippen molar-refractivity contribution < 1.29 is 23.9 Å². The molecular formula is C18H19FN4O4. The first-order chi connectivity index (χ1) is 12.9. The molecule has 9 heteroatoms. The van der Waals surface area contributed by atoms with Crippen molar-refractivity contribution >= 4 is 23.7 Å².